The van der Waals surface area contributed by atoms with E-state index >= 15 is 0 Å². The molecule has 0 atom stereocenters. The van der Waals surface area contributed by atoms with Gasteiger partial charge in [0.05, 0.1) is 16.9 Å². The van der Waals surface area contributed by atoms with Gasteiger partial charge in [-0.25, -0.2) is 9.78 Å². The Bertz CT molecular complexity index is 1260. The van der Waals surface area contributed by atoms with E-state index in [1.54, 1.807) is 29.3 Å². The van der Waals surface area contributed by atoms with Crippen LogP contribution in [0.25, 0.3) is 16.9 Å². The van der Waals surface area contributed by atoms with E-state index < -0.39 is 5.97 Å². The summed E-state index contributed by atoms with van der Waals surface area (Å²) in [5, 5.41) is 18.1. The lowest BCUT2D eigenvalue weighted by Gasteiger charge is -2.15. The second-order valence-electron chi connectivity index (χ2n) is 7.48. The molecule has 3 heterocycles. The van der Waals surface area contributed by atoms with Crippen molar-refractivity contribution in [1.82, 2.24) is 19.7 Å². The monoisotopic (exact) mass is 427 g/mol. The summed E-state index contributed by atoms with van der Waals surface area (Å²) < 4.78 is 1.76. The van der Waals surface area contributed by atoms with E-state index in [0.717, 1.165) is 34.4 Å². The maximum absolute atomic E-state index is 12.0. The fraction of sp³-hybridized carbons (Fsp3) is 0.200. The number of rotatable bonds is 7. The summed E-state index contributed by atoms with van der Waals surface area (Å²) in [7, 11) is 0. The van der Waals surface area contributed by atoms with Gasteiger partial charge in [-0.3, -0.25) is 4.98 Å². The number of pyridine rings is 2. The second kappa shape index (κ2) is 9.01. The van der Waals surface area contributed by atoms with Gasteiger partial charge in [0.1, 0.15) is 5.82 Å². The van der Waals surface area contributed by atoms with Gasteiger partial charge >= 0.3 is 5.97 Å². The van der Waals surface area contributed by atoms with Crippen molar-refractivity contribution in [2.75, 3.05) is 5.32 Å². The Morgan fingerprint density at radius 2 is 1.91 bits per heavy atom. The maximum atomic E-state index is 12.0. The highest BCUT2D eigenvalue weighted by molar-refractivity contribution is 5.96. The molecule has 0 saturated heterocycles. The molecule has 0 unspecified atom stereocenters. The van der Waals surface area contributed by atoms with Gasteiger partial charge in [0, 0.05) is 29.7 Å². The quantitative estimate of drug-likeness (QED) is 0.421. The standard InChI is InChI=1S/C25H25N5O2/c1-4-17-10-11-21(19(14-17)25(31)32)28-24-22(18-9-7-12-26-15-18)20(5-2)29-30(24)23-16(3)8-6-13-27-23/h6-15,28H,4-5H2,1-3H3,(H,31,32). The van der Waals surface area contributed by atoms with Crippen LogP contribution < -0.4 is 5.32 Å². The predicted octanol–water partition coefficient (Wildman–Crippen LogP) is 5.20. The molecule has 162 valence electrons. The molecule has 7 nitrogen and oxygen atoms in total. The molecule has 0 aliphatic rings. The van der Waals surface area contributed by atoms with Crippen molar-refractivity contribution >= 4 is 17.5 Å². The Hall–Kier alpha value is -4.00. The van der Waals surface area contributed by atoms with E-state index in [2.05, 4.69) is 15.3 Å². The molecule has 0 spiro atoms. The van der Waals surface area contributed by atoms with E-state index in [0.29, 0.717) is 23.7 Å². The number of aryl methyl sites for hydroxylation is 3. The first-order chi connectivity index (χ1) is 15.5. The molecule has 4 rings (SSSR count). The summed E-state index contributed by atoms with van der Waals surface area (Å²) in [5.74, 6) is 0.354. The van der Waals surface area contributed by atoms with Crippen molar-refractivity contribution in [1.29, 1.82) is 0 Å². The van der Waals surface area contributed by atoms with Crippen molar-refractivity contribution in [3.8, 4) is 16.9 Å². The van der Waals surface area contributed by atoms with Crippen molar-refractivity contribution in [2.45, 2.75) is 33.6 Å². The van der Waals surface area contributed by atoms with Gasteiger partial charge in [0.2, 0.25) is 0 Å². The number of aromatic nitrogens is 4. The largest absolute Gasteiger partial charge is 0.478 e. The second-order valence-corrected chi connectivity index (χ2v) is 7.48. The minimum Gasteiger partial charge on any atom is -0.478 e. The Kier molecular flexibility index (Phi) is 5.98. The molecule has 7 heteroatoms. The van der Waals surface area contributed by atoms with Crippen LogP contribution in [-0.2, 0) is 12.8 Å². The van der Waals surface area contributed by atoms with Crippen LogP contribution in [0.1, 0.15) is 41.0 Å². The Morgan fingerprint density at radius 3 is 2.56 bits per heavy atom. The third kappa shape index (κ3) is 3.97. The zero-order valence-corrected chi connectivity index (χ0v) is 18.3. The van der Waals surface area contributed by atoms with Crippen LogP contribution in [0.5, 0.6) is 0 Å². The lowest BCUT2D eigenvalue weighted by atomic mass is 10.0. The summed E-state index contributed by atoms with van der Waals surface area (Å²) in [4.78, 5) is 20.8. The number of aromatic carboxylic acids is 1. The highest BCUT2D eigenvalue weighted by Gasteiger charge is 2.23. The molecule has 0 radical (unpaired) electrons. The molecule has 0 bridgehead atoms. The topological polar surface area (TPSA) is 92.9 Å². The average molecular weight is 428 g/mol. The predicted molar refractivity (Wildman–Crippen MR) is 125 cm³/mol. The molecule has 4 aromatic rings. The lowest BCUT2D eigenvalue weighted by Crippen LogP contribution is -2.09. The number of benzene rings is 1. The fourth-order valence-corrected chi connectivity index (χ4v) is 3.72. The summed E-state index contributed by atoms with van der Waals surface area (Å²) >= 11 is 0. The zero-order valence-electron chi connectivity index (χ0n) is 18.3. The molecule has 0 fully saturated rings. The normalized spacial score (nSPS) is 10.8. The van der Waals surface area contributed by atoms with Gasteiger partial charge < -0.3 is 10.4 Å². The van der Waals surface area contributed by atoms with Gasteiger partial charge in [0.15, 0.2) is 5.82 Å². The molecule has 2 N–H and O–H groups in total. The SMILES string of the molecule is CCc1ccc(Nc2c(-c3cccnc3)c(CC)nn2-c2ncccc2C)c(C(=O)O)c1. The molecule has 0 saturated carbocycles. The number of hydrogen-bond donors (Lipinski definition) is 2. The van der Waals surface area contributed by atoms with Crippen LogP contribution >= 0.6 is 0 Å². The lowest BCUT2D eigenvalue weighted by molar-refractivity contribution is 0.0698. The van der Waals surface area contributed by atoms with Gasteiger partial charge in [-0.15, -0.1) is 0 Å². The van der Waals surface area contributed by atoms with Gasteiger partial charge in [-0.2, -0.15) is 9.78 Å². The van der Waals surface area contributed by atoms with E-state index in [1.165, 1.54) is 0 Å². The number of carboxylic acid groups (broad SMARTS) is 1. The number of carbonyl (C=O) groups is 1. The van der Waals surface area contributed by atoms with Crippen molar-refractivity contribution < 1.29 is 9.90 Å². The summed E-state index contributed by atoms with van der Waals surface area (Å²) in [5.41, 5.74) is 5.27. The number of carboxylic acids is 1. The third-order valence-corrected chi connectivity index (χ3v) is 5.40. The van der Waals surface area contributed by atoms with E-state index in [4.69, 9.17) is 5.10 Å². The summed E-state index contributed by atoms with van der Waals surface area (Å²) in [6.07, 6.45) is 6.68. The van der Waals surface area contributed by atoms with Crippen LogP contribution in [0.2, 0.25) is 0 Å². The van der Waals surface area contributed by atoms with E-state index in [1.807, 2.05) is 57.2 Å². The van der Waals surface area contributed by atoms with E-state index in [9.17, 15) is 9.90 Å². The first-order valence-corrected chi connectivity index (χ1v) is 10.6. The summed E-state index contributed by atoms with van der Waals surface area (Å²) in [6, 6.07) is 13.2. The summed E-state index contributed by atoms with van der Waals surface area (Å²) in [6.45, 7) is 6.02. The van der Waals surface area contributed by atoms with Gasteiger partial charge in [0.25, 0.3) is 0 Å². The molecule has 0 aliphatic heterocycles. The molecular weight excluding hydrogens is 402 g/mol. The highest BCUT2D eigenvalue weighted by Crippen LogP contribution is 2.36. The van der Waals surface area contributed by atoms with Crippen LogP contribution in [0.4, 0.5) is 11.5 Å². The Morgan fingerprint density at radius 1 is 1.09 bits per heavy atom. The molecule has 1 aromatic carbocycles. The van der Waals surface area contributed by atoms with Crippen LogP contribution in [0.15, 0.2) is 61.1 Å². The number of hydrogen-bond acceptors (Lipinski definition) is 5. The maximum Gasteiger partial charge on any atom is 0.337 e. The minimum absolute atomic E-state index is 0.213. The molecule has 3 aromatic heterocycles. The number of nitrogens with zero attached hydrogens (tertiary/aromatic N) is 4. The molecule has 32 heavy (non-hydrogen) atoms. The smallest absolute Gasteiger partial charge is 0.337 e. The first kappa shape index (κ1) is 21.2. The third-order valence-electron chi connectivity index (χ3n) is 5.40. The van der Waals surface area contributed by atoms with Crippen LogP contribution in [0, 0.1) is 6.92 Å². The van der Waals surface area contributed by atoms with Crippen molar-refractivity contribution in [2.24, 2.45) is 0 Å². The zero-order chi connectivity index (χ0) is 22.7. The average Bonchev–Trinajstić information content (AvgIpc) is 3.18. The van der Waals surface area contributed by atoms with Crippen molar-refractivity contribution in [3.63, 3.8) is 0 Å². The number of anilines is 2. The Balaban J connectivity index is 1.97. The molecular formula is C25H25N5O2. The fourth-order valence-electron chi connectivity index (χ4n) is 3.72. The molecule has 0 amide bonds. The minimum atomic E-state index is -0.985. The molecule has 0 aliphatic carbocycles. The van der Waals surface area contributed by atoms with Crippen LogP contribution in [0.3, 0.4) is 0 Å². The highest BCUT2D eigenvalue weighted by atomic mass is 16.4. The van der Waals surface area contributed by atoms with Crippen LogP contribution in [-0.4, -0.2) is 30.8 Å². The first-order valence-electron chi connectivity index (χ1n) is 10.6. The van der Waals surface area contributed by atoms with Gasteiger partial charge in [-0.1, -0.05) is 32.0 Å². The van der Waals surface area contributed by atoms with Gasteiger partial charge in [-0.05, 0) is 55.2 Å². The van der Waals surface area contributed by atoms with Crippen molar-refractivity contribution in [3.05, 3.63) is 83.4 Å². The Labute approximate surface area is 186 Å². The van der Waals surface area contributed by atoms with E-state index in [-0.39, 0.29) is 5.56 Å². The number of nitrogens with one attached hydrogen (secondary N) is 1.